The maximum atomic E-state index is 12.2. The molecule has 0 bridgehead atoms. The normalized spacial score (nSPS) is 11.4. The number of benzene rings is 1. The van der Waals surface area contributed by atoms with E-state index in [2.05, 4.69) is 15.0 Å². The summed E-state index contributed by atoms with van der Waals surface area (Å²) in [4.78, 5) is 3.95. The van der Waals surface area contributed by atoms with Crippen LogP contribution in [0.4, 0.5) is 5.69 Å². The molecule has 0 atom stereocenters. The zero-order chi connectivity index (χ0) is 15.5. The number of rotatable bonds is 5. The molecule has 1 aromatic heterocycles. The van der Waals surface area contributed by atoms with E-state index >= 15 is 0 Å². The number of halogens is 2. The molecular weight excluding hydrogens is 333 g/mol. The third kappa shape index (κ3) is 4.31. The molecule has 0 spiro atoms. The molecule has 0 aliphatic rings. The first-order valence-corrected chi connectivity index (χ1v) is 8.23. The Morgan fingerprint density at radius 3 is 2.33 bits per heavy atom. The molecule has 0 saturated heterocycles. The van der Waals surface area contributed by atoms with E-state index in [4.69, 9.17) is 23.2 Å². The van der Waals surface area contributed by atoms with Gasteiger partial charge < -0.3 is 5.32 Å². The first-order valence-electron chi connectivity index (χ1n) is 5.99. The van der Waals surface area contributed by atoms with E-state index in [1.807, 2.05) is 0 Å². The van der Waals surface area contributed by atoms with E-state index in [9.17, 15) is 8.42 Å². The van der Waals surface area contributed by atoms with Crippen LogP contribution < -0.4 is 10.0 Å². The number of hydrogen-bond donors (Lipinski definition) is 2. The zero-order valence-corrected chi connectivity index (χ0v) is 13.4. The number of sulfonamides is 1. The Bertz CT molecular complexity index is 713. The van der Waals surface area contributed by atoms with Gasteiger partial charge in [-0.15, -0.1) is 0 Å². The van der Waals surface area contributed by atoms with Crippen LogP contribution >= 0.6 is 23.2 Å². The van der Waals surface area contributed by atoms with E-state index in [1.54, 1.807) is 13.1 Å². The highest BCUT2D eigenvalue weighted by molar-refractivity contribution is 7.92. The van der Waals surface area contributed by atoms with Crippen molar-refractivity contribution in [1.82, 2.24) is 10.3 Å². The van der Waals surface area contributed by atoms with Crippen molar-refractivity contribution in [1.29, 1.82) is 0 Å². The van der Waals surface area contributed by atoms with Gasteiger partial charge in [0.25, 0.3) is 10.0 Å². The molecule has 1 aromatic carbocycles. The minimum Gasteiger partial charge on any atom is -0.316 e. The molecule has 8 heteroatoms. The van der Waals surface area contributed by atoms with Crippen LogP contribution in [0.15, 0.2) is 41.6 Å². The standard InChI is InChI=1S/C13H13Cl2N3O2S/c1-16-7-9-2-3-13(17-8-9)21(19,20)18-12-5-10(14)4-11(15)6-12/h2-6,8,16,18H,7H2,1H3. The lowest BCUT2D eigenvalue weighted by Crippen LogP contribution is -2.15. The van der Waals surface area contributed by atoms with Crippen molar-refractivity contribution >= 4 is 38.9 Å². The highest BCUT2D eigenvalue weighted by Gasteiger charge is 2.16. The molecule has 0 unspecified atom stereocenters. The molecular formula is C13H13Cl2N3O2S. The van der Waals surface area contributed by atoms with Gasteiger partial charge in [0, 0.05) is 22.8 Å². The summed E-state index contributed by atoms with van der Waals surface area (Å²) in [5.41, 5.74) is 1.18. The lowest BCUT2D eigenvalue weighted by atomic mass is 10.3. The van der Waals surface area contributed by atoms with Crippen LogP contribution in [0.2, 0.25) is 10.0 Å². The molecule has 21 heavy (non-hydrogen) atoms. The number of nitrogens with one attached hydrogen (secondary N) is 2. The van der Waals surface area contributed by atoms with Crippen molar-refractivity contribution < 1.29 is 8.42 Å². The van der Waals surface area contributed by atoms with Crippen LogP contribution in [0, 0.1) is 0 Å². The Hall–Kier alpha value is -1.34. The van der Waals surface area contributed by atoms with Gasteiger partial charge in [0.05, 0.1) is 5.69 Å². The van der Waals surface area contributed by atoms with Crippen LogP contribution in [0.25, 0.3) is 0 Å². The van der Waals surface area contributed by atoms with Gasteiger partial charge in [-0.3, -0.25) is 4.72 Å². The summed E-state index contributed by atoms with van der Waals surface area (Å²) in [5, 5.41) is 3.58. The van der Waals surface area contributed by atoms with Crippen LogP contribution in [-0.2, 0) is 16.6 Å². The minimum absolute atomic E-state index is 0.0709. The Morgan fingerprint density at radius 1 is 1.14 bits per heavy atom. The molecule has 112 valence electrons. The molecule has 0 fully saturated rings. The van der Waals surface area contributed by atoms with Crippen molar-refractivity contribution in [3.63, 3.8) is 0 Å². The molecule has 0 amide bonds. The molecule has 0 aliphatic carbocycles. The summed E-state index contributed by atoms with van der Waals surface area (Å²) in [6.07, 6.45) is 1.51. The summed E-state index contributed by atoms with van der Waals surface area (Å²) in [7, 11) is -1.98. The van der Waals surface area contributed by atoms with Crippen molar-refractivity contribution in [3.8, 4) is 0 Å². The van der Waals surface area contributed by atoms with Crippen molar-refractivity contribution in [2.24, 2.45) is 0 Å². The third-order valence-corrected chi connectivity index (χ3v) is 4.30. The lowest BCUT2D eigenvalue weighted by Gasteiger charge is -2.09. The predicted octanol–water partition coefficient (Wildman–Crippen LogP) is 2.91. The summed E-state index contributed by atoms with van der Waals surface area (Å²) in [5.74, 6) is 0. The maximum Gasteiger partial charge on any atom is 0.279 e. The molecule has 0 radical (unpaired) electrons. The lowest BCUT2D eigenvalue weighted by molar-refractivity contribution is 0.597. The molecule has 2 rings (SSSR count). The Morgan fingerprint density at radius 2 is 1.81 bits per heavy atom. The van der Waals surface area contributed by atoms with Gasteiger partial charge in [-0.25, -0.2) is 4.98 Å². The van der Waals surface area contributed by atoms with Gasteiger partial charge in [0.1, 0.15) is 0 Å². The van der Waals surface area contributed by atoms with Crippen molar-refractivity contribution in [2.45, 2.75) is 11.6 Å². The fraction of sp³-hybridized carbons (Fsp3) is 0.154. The highest BCUT2D eigenvalue weighted by atomic mass is 35.5. The topological polar surface area (TPSA) is 71.1 Å². The van der Waals surface area contributed by atoms with Gasteiger partial charge in [-0.1, -0.05) is 29.3 Å². The monoisotopic (exact) mass is 345 g/mol. The second kappa shape index (κ2) is 6.62. The van der Waals surface area contributed by atoms with Crippen LogP contribution in [0.1, 0.15) is 5.56 Å². The molecule has 0 saturated carbocycles. The van der Waals surface area contributed by atoms with Gasteiger partial charge in [-0.05, 0) is 36.9 Å². The fourth-order valence-electron chi connectivity index (χ4n) is 1.70. The van der Waals surface area contributed by atoms with Crippen LogP contribution in [0.5, 0.6) is 0 Å². The molecule has 5 nitrogen and oxygen atoms in total. The van der Waals surface area contributed by atoms with E-state index in [0.29, 0.717) is 16.6 Å². The van der Waals surface area contributed by atoms with Gasteiger partial charge in [0.2, 0.25) is 0 Å². The van der Waals surface area contributed by atoms with Crippen LogP contribution in [-0.4, -0.2) is 20.4 Å². The van der Waals surface area contributed by atoms with Gasteiger partial charge in [-0.2, -0.15) is 8.42 Å². The first-order chi connectivity index (χ1) is 9.90. The summed E-state index contributed by atoms with van der Waals surface area (Å²) < 4.78 is 26.8. The van der Waals surface area contributed by atoms with Crippen molar-refractivity contribution in [2.75, 3.05) is 11.8 Å². The summed E-state index contributed by atoms with van der Waals surface area (Å²) in [6, 6.07) is 7.61. The zero-order valence-electron chi connectivity index (χ0n) is 11.1. The quantitative estimate of drug-likeness (QED) is 0.873. The highest BCUT2D eigenvalue weighted by Crippen LogP contribution is 2.24. The summed E-state index contributed by atoms with van der Waals surface area (Å²) in [6.45, 7) is 0.616. The molecule has 2 N–H and O–H groups in total. The smallest absolute Gasteiger partial charge is 0.279 e. The van der Waals surface area contributed by atoms with E-state index in [0.717, 1.165) is 5.56 Å². The van der Waals surface area contributed by atoms with E-state index in [1.165, 1.54) is 30.5 Å². The van der Waals surface area contributed by atoms with E-state index < -0.39 is 10.0 Å². The Labute approximate surface area is 133 Å². The number of hydrogen-bond acceptors (Lipinski definition) is 4. The second-order valence-electron chi connectivity index (χ2n) is 4.30. The van der Waals surface area contributed by atoms with Gasteiger partial charge >= 0.3 is 0 Å². The summed E-state index contributed by atoms with van der Waals surface area (Å²) >= 11 is 11.7. The fourth-order valence-corrected chi connectivity index (χ4v) is 3.20. The molecule has 1 heterocycles. The third-order valence-electron chi connectivity index (χ3n) is 2.57. The van der Waals surface area contributed by atoms with Crippen LogP contribution in [0.3, 0.4) is 0 Å². The first kappa shape index (κ1) is 16.0. The Balaban J connectivity index is 2.25. The average molecular weight is 346 g/mol. The SMILES string of the molecule is CNCc1ccc(S(=O)(=O)Nc2cc(Cl)cc(Cl)c2)nc1. The number of aromatic nitrogens is 1. The maximum absolute atomic E-state index is 12.2. The van der Waals surface area contributed by atoms with Crippen molar-refractivity contribution in [3.05, 3.63) is 52.1 Å². The van der Waals surface area contributed by atoms with E-state index in [-0.39, 0.29) is 10.7 Å². The predicted molar refractivity (Wildman–Crippen MR) is 84.3 cm³/mol. The largest absolute Gasteiger partial charge is 0.316 e. The number of nitrogens with zero attached hydrogens (tertiary/aromatic N) is 1. The number of anilines is 1. The Kier molecular flexibility index (Phi) is 5.05. The van der Waals surface area contributed by atoms with Gasteiger partial charge in [0.15, 0.2) is 5.03 Å². The number of pyridine rings is 1. The molecule has 2 aromatic rings. The second-order valence-corrected chi connectivity index (χ2v) is 6.80. The minimum atomic E-state index is -3.78. The molecule has 0 aliphatic heterocycles. The average Bonchev–Trinajstić information content (AvgIpc) is 2.38.